The Morgan fingerprint density at radius 2 is 2.04 bits per heavy atom. The van der Waals surface area contributed by atoms with Crippen LogP contribution in [0, 0.1) is 17.2 Å². The van der Waals surface area contributed by atoms with Crippen LogP contribution in [-0.4, -0.2) is 47.4 Å². The lowest BCUT2D eigenvalue weighted by molar-refractivity contribution is -0.154. The second-order valence-electron chi connectivity index (χ2n) is 7.09. The van der Waals surface area contributed by atoms with Crippen molar-refractivity contribution < 1.29 is 23.9 Å². The van der Waals surface area contributed by atoms with Crippen LogP contribution < -0.4 is 4.90 Å². The van der Waals surface area contributed by atoms with Gasteiger partial charge in [0.15, 0.2) is 0 Å². The van der Waals surface area contributed by atoms with Gasteiger partial charge < -0.3 is 14.9 Å². The fourth-order valence-electron chi connectivity index (χ4n) is 3.64. The van der Waals surface area contributed by atoms with Gasteiger partial charge in [0.25, 0.3) is 0 Å². The van der Waals surface area contributed by atoms with E-state index in [0.29, 0.717) is 19.4 Å². The maximum atomic E-state index is 13.9. The first-order valence-corrected chi connectivity index (χ1v) is 8.39. The van der Waals surface area contributed by atoms with E-state index in [1.165, 1.54) is 17.0 Å². The van der Waals surface area contributed by atoms with Gasteiger partial charge in [-0.2, -0.15) is 0 Å². The van der Waals surface area contributed by atoms with Crippen molar-refractivity contribution in [2.24, 2.45) is 11.3 Å². The number of piperidine rings is 1. The zero-order valence-electron chi connectivity index (χ0n) is 14.1. The molecule has 0 radical (unpaired) electrons. The molecule has 2 saturated heterocycles. The predicted molar refractivity (Wildman–Crippen MR) is 88.4 cm³/mol. The zero-order valence-corrected chi connectivity index (χ0v) is 14.1. The number of likely N-dealkylation sites (tertiary alicyclic amines) is 1. The number of carbonyl (C=O) groups is 3. The van der Waals surface area contributed by atoms with Crippen LogP contribution in [0.2, 0.25) is 0 Å². The quantitative estimate of drug-likeness (QED) is 0.905. The molecule has 2 aliphatic rings. The van der Waals surface area contributed by atoms with E-state index in [1.807, 2.05) is 0 Å². The molecule has 1 N–H and O–H groups in total. The minimum Gasteiger partial charge on any atom is -0.481 e. The van der Waals surface area contributed by atoms with Crippen molar-refractivity contribution in [3.8, 4) is 0 Å². The molecular weight excluding hydrogens is 327 g/mol. The minimum absolute atomic E-state index is 0.0213. The van der Waals surface area contributed by atoms with E-state index in [-0.39, 0.29) is 37.0 Å². The SMILES string of the molecule is CC1(C(=O)O)CCCN(C(=O)C2CC(=O)N(c3ccccc3F)C2)C1. The maximum absolute atomic E-state index is 13.9. The van der Waals surface area contributed by atoms with E-state index in [9.17, 15) is 23.9 Å². The summed E-state index contributed by atoms with van der Waals surface area (Å²) < 4.78 is 13.9. The third-order valence-electron chi connectivity index (χ3n) is 5.14. The molecule has 2 amide bonds. The summed E-state index contributed by atoms with van der Waals surface area (Å²) >= 11 is 0. The normalized spacial score (nSPS) is 26.8. The molecule has 25 heavy (non-hydrogen) atoms. The van der Waals surface area contributed by atoms with Gasteiger partial charge in [0.05, 0.1) is 17.0 Å². The number of benzene rings is 1. The van der Waals surface area contributed by atoms with Gasteiger partial charge >= 0.3 is 5.97 Å². The van der Waals surface area contributed by atoms with Crippen LogP contribution in [0.25, 0.3) is 0 Å². The standard InChI is InChI=1S/C18H21FN2O4/c1-18(17(24)25)7-4-8-20(11-18)16(23)12-9-15(22)21(10-12)14-6-3-2-5-13(14)19/h2-3,5-6,12H,4,7-11H2,1H3,(H,24,25). The highest BCUT2D eigenvalue weighted by Crippen LogP contribution is 2.33. The maximum Gasteiger partial charge on any atom is 0.311 e. The van der Waals surface area contributed by atoms with Crippen LogP contribution in [0.4, 0.5) is 10.1 Å². The van der Waals surface area contributed by atoms with Crippen LogP contribution in [0.3, 0.4) is 0 Å². The number of carbonyl (C=O) groups excluding carboxylic acids is 2. The first-order chi connectivity index (χ1) is 11.8. The van der Waals surface area contributed by atoms with Crippen molar-refractivity contribution in [1.29, 1.82) is 0 Å². The monoisotopic (exact) mass is 348 g/mol. The molecule has 0 aromatic heterocycles. The van der Waals surface area contributed by atoms with E-state index >= 15 is 0 Å². The van der Waals surface area contributed by atoms with Crippen molar-refractivity contribution in [2.45, 2.75) is 26.2 Å². The van der Waals surface area contributed by atoms with E-state index in [4.69, 9.17) is 0 Å². The molecule has 1 aromatic rings. The first kappa shape index (κ1) is 17.4. The number of hydrogen-bond donors (Lipinski definition) is 1. The summed E-state index contributed by atoms with van der Waals surface area (Å²) in [6.07, 6.45) is 1.16. The van der Waals surface area contributed by atoms with Gasteiger partial charge in [-0.25, -0.2) is 4.39 Å². The summed E-state index contributed by atoms with van der Waals surface area (Å²) in [7, 11) is 0. The van der Waals surface area contributed by atoms with Gasteiger partial charge in [-0.3, -0.25) is 14.4 Å². The summed E-state index contributed by atoms with van der Waals surface area (Å²) in [6, 6.07) is 5.98. The van der Waals surface area contributed by atoms with Crippen molar-refractivity contribution >= 4 is 23.5 Å². The Kier molecular flexibility index (Phi) is 4.49. The van der Waals surface area contributed by atoms with Crippen LogP contribution in [0.15, 0.2) is 24.3 Å². The number of nitrogens with zero attached hydrogens (tertiary/aromatic N) is 2. The number of para-hydroxylation sites is 1. The number of carboxylic acids is 1. The average Bonchev–Trinajstić information content (AvgIpc) is 2.96. The molecule has 134 valence electrons. The Balaban J connectivity index is 1.73. The number of amides is 2. The van der Waals surface area contributed by atoms with E-state index in [2.05, 4.69) is 0 Å². The second kappa shape index (κ2) is 6.46. The Hall–Kier alpha value is -2.44. The predicted octanol–water partition coefficient (Wildman–Crippen LogP) is 1.89. The van der Waals surface area contributed by atoms with Gasteiger partial charge in [0, 0.05) is 26.1 Å². The third-order valence-corrected chi connectivity index (χ3v) is 5.14. The Morgan fingerprint density at radius 1 is 1.32 bits per heavy atom. The molecule has 0 spiro atoms. The van der Waals surface area contributed by atoms with Crippen LogP contribution in [0.5, 0.6) is 0 Å². The number of hydrogen-bond acceptors (Lipinski definition) is 3. The fraction of sp³-hybridized carbons (Fsp3) is 0.500. The molecule has 1 aromatic carbocycles. The Morgan fingerprint density at radius 3 is 2.72 bits per heavy atom. The van der Waals surface area contributed by atoms with Crippen molar-refractivity contribution in [2.75, 3.05) is 24.5 Å². The lowest BCUT2D eigenvalue weighted by atomic mass is 9.81. The van der Waals surface area contributed by atoms with Crippen molar-refractivity contribution in [3.05, 3.63) is 30.1 Å². The minimum atomic E-state index is -0.957. The summed E-state index contributed by atoms with van der Waals surface area (Å²) in [4.78, 5) is 39.3. The highest BCUT2D eigenvalue weighted by atomic mass is 19.1. The molecule has 7 heteroatoms. The second-order valence-corrected chi connectivity index (χ2v) is 7.09. The molecule has 0 saturated carbocycles. The lowest BCUT2D eigenvalue weighted by Gasteiger charge is -2.38. The number of halogens is 1. The van der Waals surface area contributed by atoms with Gasteiger partial charge in [0.1, 0.15) is 5.82 Å². The summed E-state index contributed by atoms with van der Waals surface area (Å²) in [5.74, 6) is -2.50. The zero-order chi connectivity index (χ0) is 18.2. The smallest absolute Gasteiger partial charge is 0.311 e. The molecule has 2 heterocycles. The van der Waals surface area contributed by atoms with Gasteiger partial charge in [0.2, 0.25) is 11.8 Å². The lowest BCUT2D eigenvalue weighted by Crippen LogP contribution is -2.50. The third kappa shape index (κ3) is 3.23. The molecule has 2 atom stereocenters. The van der Waals surface area contributed by atoms with E-state index in [0.717, 1.165) is 0 Å². The van der Waals surface area contributed by atoms with Crippen molar-refractivity contribution in [3.63, 3.8) is 0 Å². The van der Waals surface area contributed by atoms with E-state index < -0.39 is 23.1 Å². The molecule has 2 fully saturated rings. The fourth-order valence-corrected chi connectivity index (χ4v) is 3.64. The molecule has 0 bridgehead atoms. The Labute approximate surface area is 145 Å². The summed E-state index contributed by atoms with van der Waals surface area (Å²) in [5.41, 5.74) is -0.779. The summed E-state index contributed by atoms with van der Waals surface area (Å²) in [5, 5.41) is 9.38. The molecule has 0 aliphatic carbocycles. The number of rotatable bonds is 3. The van der Waals surface area contributed by atoms with Crippen LogP contribution in [0.1, 0.15) is 26.2 Å². The summed E-state index contributed by atoms with van der Waals surface area (Å²) in [6.45, 7) is 2.40. The Bertz CT molecular complexity index is 723. The number of carboxylic acid groups (broad SMARTS) is 1. The topological polar surface area (TPSA) is 77.9 Å². The molecule has 2 aliphatic heterocycles. The van der Waals surface area contributed by atoms with Crippen LogP contribution >= 0.6 is 0 Å². The largest absolute Gasteiger partial charge is 0.481 e. The molecule has 2 unspecified atom stereocenters. The molecule has 3 rings (SSSR count). The molecular formula is C18H21FN2O4. The molecule has 6 nitrogen and oxygen atoms in total. The van der Waals surface area contributed by atoms with Crippen LogP contribution in [-0.2, 0) is 14.4 Å². The van der Waals surface area contributed by atoms with Gasteiger partial charge in [-0.05, 0) is 31.9 Å². The number of anilines is 1. The highest BCUT2D eigenvalue weighted by Gasteiger charge is 2.43. The van der Waals surface area contributed by atoms with Gasteiger partial charge in [-0.1, -0.05) is 12.1 Å². The first-order valence-electron chi connectivity index (χ1n) is 8.39. The van der Waals surface area contributed by atoms with Gasteiger partial charge in [-0.15, -0.1) is 0 Å². The number of aliphatic carboxylic acids is 1. The van der Waals surface area contributed by atoms with E-state index in [1.54, 1.807) is 24.0 Å². The van der Waals surface area contributed by atoms with Crippen molar-refractivity contribution in [1.82, 2.24) is 4.90 Å². The average molecular weight is 348 g/mol. The highest BCUT2D eigenvalue weighted by molar-refractivity contribution is 6.00.